The molecule has 0 bridgehead atoms. The quantitative estimate of drug-likeness (QED) is 0.542. The van der Waals surface area contributed by atoms with Gasteiger partial charge in [0.15, 0.2) is 0 Å². The molecule has 0 heterocycles. The molecular weight excluding hydrogens is 204 g/mol. The van der Waals surface area contributed by atoms with Crippen molar-refractivity contribution in [3.8, 4) is 0 Å². The molecule has 0 fully saturated rings. The normalized spacial score (nSPS) is 13.6. The molecule has 15 heavy (non-hydrogen) atoms. The van der Waals surface area contributed by atoms with Gasteiger partial charge in [0.1, 0.15) is 6.04 Å². The summed E-state index contributed by atoms with van der Waals surface area (Å²) in [7, 11) is 0. The molecule has 0 radical (unpaired) electrons. The van der Waals surface area contributed by atoms with Crippen molar-refractivity contribution in [2.24, 2.45) is 5.73 Å². The average molecular weight is 218 g/mol. The number of nitrogens with two attached hydrogens (primary N) is 1. The molecule has 0 aliphatic heterocycles. The van der Waals surface area contributed by atoms with Gasteiger partial charge in [-0.15, -0.1) is 0 Å². The number of alkyl halides is 1. The second-order valence-corrected chi connectivity index (χ2v) is 3.01. The maximum absolute atomic E-state index is 11.8. The van der Waals surface area contributed by atoms with Gasteiger partial charge in [-0.3, -0.25) is 9.18 Å². The van der Waals surface area contributed by atoms with Crippen LogP contribution in [0.3, 0.4) is 0 Å². The second kappa shape index (κ2) is 6.94. The van der Waals surface area contributed by atoms with Gasteiger partial charge < -0.3 is 15.9 Å². The fraction of sp³-hybridized carbons (Fsp3) is 0.556. The van der Waals surface area contributed by atoms with Crippen LogP contribution in [0.2, 0.25) is 0 Å². The third-order valence-electron chi connectivity index (χ3n) is 1.79. The molecule has 0 saturated heterocycles. The number of hydrogen-bond donors (Lipinski definition) is 3. The van der Waals surface area contributed by atoms with Gasteiger partial charge in [0.25, 0.3) is 0 Å². The topological polar surface area (TPSA) is 101 Å². The van der Waals surface area contributed by atoms with E-state index >= 15 is 0 Å². The van der Waals surface area contributed by atoms with Crippen molar-refractivity contribution in [3.05, 3.63) is 11.6 Å². The Hall–Kier alpha value is -1.43. The van der Waals surface area contributed by atoms with Crippen LogP contribution >= 0.6 is 0 Å². The van der Waals surface area contributed by atoms with Crippen LogP contribution in [0.4, 0.5) is 4.39 Å². The van der Waals surface area contributed by atoms with Gasteiger partial charge in [-0.05, 0) is 19.3 Å². The summed E-state index contributed by atoms with van der Waals surface area (Å²) in [6, 6.07) is -1.12. The van der Waals surface area contributed by atoms with Gasteiger partial charge in [-0.25, -0.2) is 4.79 Å². The van der Waals surface area contributed by atoms with E-state index in [0.717, 1.165) is 0 Å². The van der Waals surface area contributed by atoms with Gasteiger partial charge >= 0.3 is 11.9 Å². The van der Waals surface area contributed by atoms with Crippen LogP contribution in [-0.4, -0.2) is 34.9 Å². The van der Waals surface area contributed by atoms with Crippen molar-refractivity contribution in [2.45, 2.75) is 25.3 Å². The summed E-state index contributed by atoms with van der Waals surface area (Å²) >= 11 is 0. The summed E-state index contributed by atoms with van der Waals surface area (Å²) in [5.74, 6) is -2.36. The summed E-state index contributed by atoms with van der Waals surface area (Å²) in [5.41, 5.74) is 5.19. The predicted octanol–water partition coefficient (Wildman–Crippen LogP) is 0.549. The Kier molecular flexibility index (Phi) is 6.28. The van der Waals surface area contributed by atoms with Gasteiger partial charge in [-0.1, -0.05) is 6.08 Å². The maximum atomic E-state index is 11.8. The van der Waals surface area contributed by atoms with Crippen molar-refractivity contribution in [1.29, 1.82) is 0 Å². The second-order valence-electron chi connectivity index (χ2n) is 3.01. The first-order chi connectivity index (χ1) is 6.99. The molecule has 0 aromatic rings. The summed E-state index contributed by atoms with van der Waals surface area (Å²) < 4.78 is 11.8. The zero-order valence-corrected chi connectivity index (χ0v) is 8.15. The molecule has 0 aromatic heterocycles. The SMILES string of the molecule is N[C@@H](C/C=C(\CCC[18F])C(=O)O)C(=O)O. The standard InChI is InChI=1S/C9H14FNO4/c10-5-1-2-6(8(12)13)3-4-7(11)9(14)15/h3,7H,1-2,4-5,11H2,(H,12,13)(H,14,15)/b6-3+/t7-/m0/s1/i10-1. The highest BCUT2D eigenvalue weighted by atomic mass is 18.2. The zero-order chi connectivity index (χ0) is 11.8. The van der Waals surface area contributed by atoms with E-state index in [1.165, 1.54) is 6.08 Å². The number of hydrogen-bond acceptors (Lipinski definition) is 3. The smallest absolute Gasteiger partial charge is 0.331 e. The van der Waals surface area contributed by atoms with Gasteiger partial charge in [0, 0.05) is 5.57 Å². The van der Waals surface area contributed by atoms with Crippen LogP contribution in [0.1, 0.15) is 19.3 Å². The van der Waals surface area contributed by atoms with Crippen LogP contribution in [0.5, 0.6) is 0 Å². The number of carboxylic acids is 2. The lowest BCUT2D eigenvalue weighted by atomic mass is 10.1. The largest absolute Gasteiger partial charge is 0.480 e. The fourth-order valence-electron chi connectivity index (χ4n) is 0.924. The Bertz CT molecular complexity index is 265. The maximum Gasteiger partial charge on any atom is 0.331 e. The number of carboxylic acid groups (broad SMARTS) is 2. The lowest BCUT2D eigenvalue weighted by molar-refractivity contribution is -0.138. The van der Waals surface area contributed by atoms with E-state index in [0.29, 0.717) is 0 Å². The zero-order valence-electron chi connectivity index (χ0n) is 8.15. The van der Waals surface area contributed by atoms with E-state index in [9.17, 15) is 14.0 Å². The average Bonchev–Trinajstić information content (AvgIpc) is 2.16. The van der Waals surface area contributed by atoms with E-state index < -0.39 is 24.7 Å². The summed E-state index contributed by atoms with van der Waals surface area (Å²) in [6.45, 7) is -0.602. The highest BCUT2D eigenvalue weighted by Gasteiger charge is 2.12. The Labute approximate surface area is 86.4 Å². The molecule has 0 amide bonds. The molecule has 0 rings (SSSR count). The first kappa shape index (κ1) is 13.6. The lowest BCUT2D eigenvalue weighted by Crippen LogP contribution is -2.29. The highest BCUT2D eigenvalue weighted by Crippen LogP contribution is 2.08. The molecule has 0 aromatic carbocycles. The molecule has 1 atom stereocenters. The van der Waals surface area contributed by atoms with Crippen LogP contribution in [0.25, 0.3) is 0 Å². The van der Waals surface area contributed by atoms with Crippen LogP contribution < -0.4 is 5.73 Å². The van der Waals surface area contributed by atoms with Gasteiger partial charge in [-0.2, -0.15) is 0 Å². The molecule has 0 spiro atoms. The molecule has 0 unspecified atom stereocenters. The van der Waals surface area contributed by atoms with E-state index in [-0.39, 0.29) is 24.8 Å². The van der Waals surface area contributed by atoms with Crippen molar-refractivity contribution < 1.29 is 24.2 Å². The van der Waals surface area contributed by atoms with E-state index in [1.54, 1.807) is 0 Å². The molecule has 0 aliphatic rings. The van der Waals surface area contributed by atoms with Crippen molar-refractivity contribution in [3.63, 3.8) is 0 Å². The summed E-state index contributed by atoms with van der Waals surface area (Å²) in [5, 5.41) is 17.1. The monoisotopic (exact) mass is 218 g/mol. The van der Waals surface area contributed by atoms with Crippen LogP contribution in [0.15, 0.2) is 11.6 Å². The van der Waals surface area contributed by atoms with Crippen LogP contribution in [-0.2, 0) is 9.59 Å². The van der Waals surface area contributed by atoms with Crippen LogP contribution in [0, 0.1) is 0 Å². The number of carbonyl (C=O) groups is 2. The van der Waals surface area contributed by atoms with Crippen molar-refractivity contribution in [1.82, 2.24) is 0 Å². The minimum atomic E-state index is -1.19. The molecule has 5 nitrogen and oxygen atoms in total. The fourth-order valence-corrected chi connectivity index (χ4v) is 0.924. The molecular formula is C9H14FNO4. The number of aliphatic carboxylic acids is 2. The van der Waals surface area contributed by atoms with E-state index in [4.69, 9.17) is 15.9 Å². The minimum Gasteiger partial charge on any atom is -0.480 e. The van der Waals surface area contributed by atoms with E-state index in [1.807, 2.05) is 0 Å². The Morgan fingerprint density at radius 1 is 1.40 bits per heavy atom. The third-order valence-corrected chi connectivity index (χ3v) is 1.79. The minimum absolute atomic E-state index is 0.00403. The van der Waals surface area contributed by atoms with Crippen molar-refractivity contribution >= 4 is 11.9 Å². The number of rotatable bonds is 7. The highest BCUT2D eigenvalue weighted by molar-refractivity contribution is 5.86. The van der Waals surface area contributed by atoms with Gasteiger partial charge in [0.2, 0.25) is 0 Å². The molecule has 6 heteroatoms. The summed E-state index contributed by atoms with van der Waals surface area (Å²) in [6.07, 6.45) is 1.36. The van der Waals surface area contributed by atoms with Gasteiger partial charge in [0.05, 0.1) is 6.67 Å². The summed E-state index contributed by atoms with van der Waals surface area (Å²) in [4.78, 5) is 20.9. The Morgan fingerprint density at radius 3 is 2.40 bits per heavy atom. The third kappa shape index (κ3) is 5.79. The van der Waals surface area contributed by atoms with E-state index in [2.05, 4.69) is 0 Å². The molecule has 4 N–H and O–H groups in total. The first-order valence-electron chi connectivity index (χ1n) is 4.45. The number of halogens is 1. The molecule has 0 aliphatic carbocycles. The van der Waals surface area contributed by atoms with Crippen molar-refractivity contribution in [2.75, 3.05) is 6.67 Å². The molecule has 86 valence electrons. The predicted molar refractivity (Wildman–Crippen MR) is 51.2 cm³/mol. The first-order valence-corrected chi connectivity index (χ1v) is 4.45. The Balaban J connectivity index is 4.29. The lowest BCUT2D eigenvalue weighted by Gasteiger charge is -2.04. The molecule has 0 saturated carbocycles. The Morgan fingerprint density at radius 2 is 2.00 bits per heavy atom.